The number of carbonyl (C=O) groups excluding carboxylic acids is 1. The lowest BCUT2D eigenvalue weighted by molar-refractivity contribution is -0.710. The van der Waals surface area contributed by atoms with E-state index in [1.54, 1.807) is 0 Å². The maximum Gasteiger partial charge on any atom is 0.302 e. The first-order valence-corrected chi connectivity index (χ1v) is 5.78. The highest BCUT2D eigenvalue weighted by Gasteiger charge is 2.39. The lowest BCUT2D eigenvalue weighted by Crippen LogP contribution is -2.94. The molecule has 1 aliphatic heterocycles. The second kappa shape index (κ2) is 4.30. The molecule has 1 aliphatic carbocycles. The lowest BCUT2D eigenvalue weighted by Gasteiger charge is -2.38. The number of hydrogen-bond acceptors (Lipinski definition) is 2. The Kier molecular flexibility index (Phi) is 3.06. The molecule has 2 rings (SSSR count). The van der Waals surface area contributed by atoms with Gasteiger partial charge in [-0.2, -0.15) is 0 Å². The Morgan fingerprint density at radius 2 is 2.07 bits per heavy atom. The molecule has 0 unspecified atom stereocenters. The SMILES string of the molecule is CC(=O)O[C@@H]1CC[NH2+][C@@H]2CCCC[C@@H]21. The molecule has 1 saturated carbocycles. The average molecular weight is 198 g/mol. The quantitative estimate of drug-likeness (QED) is 0.621. The number of hydrogen-bond donors (Lipinski definition) is 1. The van der Waals surface area contributed by atoms with Gasteiger partial charge in [0.25, 0.3) is 0 Å². The third-order valence-electron chi connectivity index (χ3n) is 3.59. The molecular formula is C11H20NO2+. The highest BCUT2D eigenvalue weighted by molar-refractivity contribution is 5.66. The molecule has 0 bridgehead atoms. The minimum absolute atomic E-state index is 0.110. The van der Waals surface area contributed by atoms with Crippen molar-refractivity contribution >= 4 is 5.97 Å². The Morgan fingerprint density at radius 1 is 1.29 bits per heavy atom. The van der Waals surface area contributed by atoms with E-state index in [4.69, 9.17) is 4.74 Å². The van der Waals surface area contributed by atoms with Crippen LogP contribution in [0.25, 0.3) is 0 Å². The van der Waals surface area contributed by atoms with Crippen molar-refractivity contribution in [3.63, 3.8) is 0 Å². The summed E-state index contributed by atoms with van der Waals surface area (Å²) in [5.74, 6) is 0.516. The van der Waals surface area contributed by atoms with Crippen molar-refractivity contribution in [1.29, 1.82) is 0 Å². The van der Waals surface area contributed by atoms with Crippen LogP contribution >= 0.6 is 0 Å². The zero-order valence-electron chi connectivity index (χ0n) is 8.87. The fraction of sp³-hybridized carbons (Fsp3) is 0.909. The number of quaternary nitrogens is 1. The summed E-state index contributed by atoms with van der Waals surface area (Å²) in [6, 6.07) is 0.724. The zero-order chi connectivity index (χ0) is 9.97. The summed E-state index contributed by atoms with van der Waals surface area (Å²) in [6.45, 7) is 2.65. The molecule has 14 heavy (non-hydrogen) atoms. The van der Waals surface area contributed by atoms with Gasteiger partial charge in [-0.3, -0.25) is 4.79 Å². The monoisotopic (exact) mass is 198 g/mol. The number of ether oxygens (including phenoxy) is 1. The number of carbonyl (C=O) groups is 1. The van der Waals surface area contributed by atoms with E-state index < -0.39 is 0 Å². The van der Waals surface area contributed by atoms with E-state index in [9.17, 15) is 4.79 Å². The van der Waals surface area contributed by atoms with E-state index >= 15 is 0 Å². The minimum Gasteiger partial charge on any atom is -0.462 e. The second-order valence-electron chi connectivity index (χ2n) is 4.57. The summed E-state index contributed by atoms with van der Waals surface area (Å²) in [5, 5.41) is 2.45. The van der Waals surface area contributed by atoms with Gasteiger partial charge >= 0.3 is 5.97 Å². The number of rotatable bonds is 1. The highest BCUT2D eigenvalue weighted by atomic mass is 16.5. The van der Waals surface area contributed by atoms with Gasteiger partial charge in [-0.1, -0.05) is 6.42 Å². The number of nitrogens with two attached hydrogens (primary N) is 1. The Hall–Kier alpha value is -0.570. The molecule has 0 amide bonds. The lowest BCUT2D eigenvalue weighted by atomic mass is 9.78. The van der Waals surface area contributed by atoms with E-state index in [0.717, 1.165) is 19.0 Å². The van der Waals surface area contributed by atoms with Crippen molar-refractivity contribution in [1.82, 2.24) is 0 Å². The van der Waals surface area contributed by atoms with Gasteiger partial charge in [-0.25, -0.2) is 0 Å². The van der Waals surface area contributed by atoms with E-state index in [1.165, 1.54) is 32.6 Å². The van der Waals surface area contributed by atoms with Crippen LogP contribution in [-0.4, -0.2) is 24.7 Å². The summed E-state index contributed by atoms with van der Waals surface area (Å²) in [5.41, 5.74) is 0. The molecule has 0 aromatic heterocycles. The molecule has 3 nitrogen and oxygen atoms in total. The maximum absolute atomic E-state index is 11.0. The molecule has 0 radical (unpaired) electrons. The van der Waals surface area contributed by atoms with E-state index in [-0.39, 0.29) is 12.1 Å². The van der Waals surface area contributed by atoms with Crippen LogP contribution in [-0.2, 0) is 9.53 Å². The van der Waals surface area contributed by atoms with Gasteiger partial charge in [0.1, 0.15) is 6.10 Å². The van der Waals surface area contributed by atoms with Crippen LogP contribution in [0, 0.1) is 5.92 Å². The fourth-order valence-electron chi connectivity index (χ4n) is 2.99. The van der Waals surface area contributed by atoms with Crippen molar-refractivity contribution in [3.05, 3.63) is 0 Å². The van der Waals surface area contributed by atoms with Gasteiger partial charge in [-0.05, 0) is 19.3 Å². The van der Waals surface area contributed by atoms with Crippen LogP contribution in [0.15, 0.2) is 0 Å². The molecule has 2 fully saturated rings. The van der Waals surface area contributed by atoms with Gasteiger partial charge in [0.15, 0.2) is 0 Å². The van der Waals surface area contributed by atoms with Crippen LogP contribution < -0.4 is 5.32 Å². The summed E-state index contributed by atoms with van der Waals surface area (Å²) >= 11 is 0. The third kappa shape index (κ3) is 2.08. The first kappa shape index (κ1) is 9.97. The molecule has 3 heteroatoms. The van der Waals surface area contributed by atoms with Gasteiger partial charge in [0.2, 0.25) is 0 Å². The molecule has 0 spiro atoms. The summed E-state index contributed by atoms with van der Waals surface area (Å²) in [6.07, 6.45) is 6.47. The Balaban J connectivity index is 1.97. The Labute approximate surface area is 85.2 Å². The molecule has 80 valence electrons. The van der Waals surface area contributed by atoms with Crippen molar-refractivity contribution in [2.24, 2.45) is 5.92 Å². The van der Waals surface area contributed by atoms with Crippen molar-refractivity contribution in [2.75, 3.05) is 6.54 Å². The largest absolute Gasteiger partial charge is 0.462 e. The Morgan fingerprint density at radius 3 is 2.86 bits per heavy atom. The van der Waals surface area contributed by atoms with Crippen LogP contribution in [0.2, 0.25) is 0 Å². The van der Waals surface area contributed by atoms with Crippen LogP contribution in [0.1, 0.15) is 39.0 Å². The maximum atomic E-state index is 11.0. The smallest absolute Gasteiger partial charge is 0.302 e. The van der Waals surface area contributed by atoms with Gasteiger partial charge < -0.3 is 10.1 Å². The van der Waals surface area contributed by atoms with Crippen LogP contribution in [0.4, 0.5) is 0 Å². The van der Waals surface area contributed by atoms with Crippen molar-refractivity contribution in [3.8, 4) is 0 Å². The predicted octanol–water partition coefficient (Wildman–Crippen LogP) is 0.444. The summed E-state index contributed by atoms with van der Waals surface area (Å²) < 4.78 is 5.40. The van der Waals surface area contributed by atoms with Gasteiger partial charge in [0, 0.05) is 19.3 Å². The molecule has 1 heterocycles. The first-order chi connectivity index (χ1) is 6.77. The number of piperidine rings is 1. The summed E-state index contributed by atoms with van der Waals surface area (Å²) in [7, 11) is 0. The molecule has 3 atom stereocenters. The van der Waals surface area contributed by atoms with Crippen LogP contribution in [0.5, 0.6) is 0 Å². The molecule has 2 N–H and O–H groups in total. The number of fused-ring (bicyclic) bond motifs is 1. The molecule has 1 saturated heterocycles. The van der Waals surface area contributed by atoms with Gasteiger partial charge in [-0.15, -0.1) is 0 Å². The predicted molar refractivity (Wildman–Crippen MR) is 52.7 cm³/mol. The van der Waals surface area contributed by atoms with Crippen molar-refractivity contribution < 1.29 is 14.8 Å². The van der Waals surface area contributed by atoms with Crippen LogP contribution in [0.3, 0.4) is 0 Å². The molecule has 2 aliphatic rings. The van der Waals surface area contributed by atoms with Gasteiger partial charge in [0.05, 0.1) is 12.6 Å². The van der Waals surface area contributed by atoms with E-state index in [0.29, 0.717) is 5.92 Å². The molecule has 0 aromatic carbocycles. The topological polar surface area (TPSA) is 42.9 Å². The number of esters is 1. The normalized spacial score (nSPS) is 37.4. The molecular weight excluding hydrogens is 178 g/mol. The molecule has 0 aromatic rings. The van der Waals surface area contributed by atoms with E-state index in [1.807, 2.05) is 0 Å². The standard InChI is InChI=1S/C11H19NO2/c1-8(13)14-11-6-7-12-10-5-3-2-4-9(10)11/h9-12H,2-7H2,1H3/p+1/t9-,10+,11+/m0/s1. The zero-order valence-corrected chi connectivity index (χ0v) is 8.87. The highest BCUT2D eigenvalue weighted by Crippen LogP contribution is 2.29. The van der Waals surface area contributed by atoms with Crippen molar-refractivity contribution in [2.45, 2.75) is 51.2 Å². The Bertz CT molecular complexity index is 215. The second-order valence-corrected chi connectivity index (χ2v) is 4.57. The third-order valence-corrected chi connectivity index (χ3v) is 3.59. The average Bonchev–Trinajstić information content (AvgIpc) is 2.18. The first-order valence-electron chi connectivity index (χ1n) is 5.78. The fourth-order valence-corrected chi connectivity index (χ4v) is 2.99. The van der Waals surface area contributed by atoms with E-state index in [2.05, 4.69) is 5.32 Å². The summed E-state index contributed by atoms with van der Waals surface area (Å²) in [4.78, 5) is 11.0. The minimum atomic E-state index is -0.110.